The predicted octanol–water partition coefficient (Wildman–Crippen LogP) is 3.35. The summed E-state index contributed by atoms with van der Waals surface area (Å²) in [6, 6.07) is 14.8. The predicted molar refractivity (Wildman–Crippen MR) is 133 cm³/mol. The molecule has 1 aliphatic carbocycles. The van der Waals surface area contributed by atoms with Crippen LogP contribution in [0.25, 0.3) is 0 Å². The van der Waals surface area contributed by atoms with Gasteiger partial charge in [0.05, 0.1) is 6.61 Å². The van der Waals surface area contributed by atoms with Crippen molar-refractivity contribution in [2.24, 2.45) is 11.8 Å². The molecule has 1 saturated carbocycles. The molecule has 3 atom stereocenters. The van der Waals surface area contributed by atoms with Gasteiger partial charge in [-0.2, -0.15) is 4.31 Å². The van der Waals surface area contributed by atoms with E-state index in [-0.39, 0.29) is 30.1 Å². The van der Waals surface area contributed by atoms with Crippen LogP contribution >= 0.6 is 0 Å². The monoisotopic (exact) mass is 482 g/mol. The van der Waals surface area contributed by atoms with Gasteiger partial charge in [0.2, 0.25) is 10.0 Å². The Hall–Kier alpha value is -2.37. The fourth-order valence-corrected chi connectivity index (χ4v) is 6.03. The highest BCUT2D eigenvalue weighted by Gasteiger charge is 2.38. The Morgan fingerprint density at radius 3 is 2.62 bits per heavy atom. The van der Waals surface area contributed by atoms with Crippen LogP contribution in [0.3, 0.4) is 0 Å². The molecule has 0 saturated heterocycles. The maximum absolute atomic E-state index is 13.6. The first-order valence-electron chi connectivity index (χ1n) is 12.0. The number of ether oxygens (including phenoxy) is 1. The summed E-state index contributed by atoms with van der Waals surface area (Å²) in [6.45, 7) is 5.17. The van der Waals surface area contributed by atoms with Crippen molar-refractivity contribution in [3.8, 4) is 17.6 Å². The van der Waals surface area contributed by atoms with E-state index in [0.29, 0.717) is 18.2 Å². The molecule has 0 radical (unpaired) electrons. The van der Waals surface area contributed by atoms with Crippen LogP contribution in [0, 0.1) is 23.7 Å². The molecule has 2 aromatic rings. The number of likely N-dealkylation sites (N-methyl/N-ethyl adjacent to an activating group) is 1. The van der Waals surface area contributed by atoms with Crippen molar-refractivity contribution in [3.05, 3.63) is 59.7 Å². The summed E-state index contributed by atoms with van der Waals surface area (Å²) in [4.78, 5) is 2.33. The van der Waals surface area contributed by atoms with Crippen molar-refractivity contribution >= 4 is 10.0 Å². The van der Waals surface area contributed by atoms with Crippen molar-refractivity contribution in [2.45, 2.75) is 50.3 Å². The summed E-state index contributed by atoms with van der Waals surface area (Å²) in [6.07, 6.45) is 2.02. The summed E-state index contributed by atoms with van der Waals surface area (Å²) < 4.78 is 35.0. The summed E-state index contributed by atoms with van der Waals surface area (Å²) in [5.74, 6) is 7.11. The van der Waals surface area contributed by atoms with E-state index in [2.05, 4.69) is 28.9 Å². The van der Waals surface area contributed by atoms with Crippen LogP contribution in [-0.2, 0) is 16.6 Å². The first-order valence-corrected chi connectivity index (χ1v) is 13.4. The van der Waals surface area contributed by atoms with Gasteiger partial charge in [-0.25, -0.2) is 8.42 Å². The molecule has 1 N–H and O–H groups in total. The van der Waals surface area contributed by atoms with E-state index < -0.39 is 16.1 Å². The topological polar surface area (TPSA) is 70.1 Å². The molecule has 0 aromatic heterocycles. The molecule has 0 unspecified atom stereocenters. The highest BCUT2D eigenvalue weighted by Crippen LogP contribution is 2.34. The first kappa shape index (κ1) is 24.7. The zero-order valence-corrected chi connectivity index (χ0v) is 21.0. The van der Waals surface area contributed by atoms with Gasteiger partial charge < -0.3 is 9.84 Å². The summed E-state index contributed by atoms with van der Waals surface area (Å²) in [5.41, 5.74) is 1.96. The lowest BCUT2D eigenvalue weighted by atomic mass is 10.0. The number of hydrogen-bond donors (Lipinski definition) is 1. The average Bonchev–Trinajstić information content (AvgIpc) is 3.64. The molecule has 0 bridgehead atoms. The van der Waals surface area contributed by atoms with E-state index >= 15 is 0 Å². The van der Waals surface area contributed by atoms with Crippen molar-refractivity contribution in [1.82, 2.24) is 9.21 Å². The maximum Gasteiger partial charge on any atom is 0.247 e. The normalized spacial score (nSPS) is 23.1. The van der Waals surface area contributed by atoms with Gasteiger partial charge in [0, 0.05) is 43.1 Å². The van der Waals surface area contributed by atoms with Gasteiger partial charge in [-0.1, -0.05) is 49.1 Å². The highest BCUT2D eigenvalue weighted by atomic mass is 32.2. The SMILES string of the molecule is C[C@@H]1CN([C@H](C)CO)S(=O)(=O)c2ccc(C#CC3CC3)cc2O[C@H]1CN(C)Cc1ccccc1. The van der Waals surface area contributed by atoms with Crippen molar-refractivity contribution in [3.63, 3.8) is 0 Å². The van der Waals surface area contributed by atoms with E-state index in [4.69, 9.17) is 4.74 Å². The molecule has 0 amide bonds. The third-order valence-electron chi connectivity index (χ3n) is 6.45. The number of aliphatic hydroxyl groups is 1. The molecule has 4 rings (SSSR count). The molecular weight excluding hydrogens is 448 g/mol. The summed E-state index contributed by atoms with van der Waals surface area (Å²) in [5, 5.41) is 9.80. The highest BCUT2D eigenvalue weighted by molar-refractivity contribution is 7.89. The van der Waals surface area contributed by atoms with E-state index in [0.717, 1.165) is 24.9 Å². The molecule has 2 aliphatic rings. The van der Waals surface area contributed by atoms with Gasteiger partial charge in [-0.05, 0) is 50.6 Å². The molecule has 1 heterocycles. The first-order chi connectivity index (χ1) is 16.3. The smallest absolute Gasteiger partial charge is 0.247 e. The minimum absolute atomic E-state index is 0.0867. The Labute approximate surface area is 203 Å². The van der Waals surface area contributed by atoms with E-state index in [1.807, 2.05) is 32.2 Å². The second-order valence-electron chi connectivity index (χ2n) is 9.63. The number of nitrogens with zero attached hydrogens (tertiary/aromatic N) is 2. The van der Waals surface area contributed by atoms with Gasteiger partial charge >= 0.3 is 0 Å². The molecule has 1 fully saturated rings. The summed E-state index contributed by atoms with van der Waals surface area (Å²) in [7, 11) is -1.79. The lowest BCUT2D eigenvalue weighted by molar-refractivity contribution is 0.0733. The van der Waals surface area contributed by atoms with Gasteiger partial charge in [0.15, 0.2) is 0 Å². The van der Waals surface area contributed by atoms with Crippen LogP contribution < -0.4 is 4.74 Å². The Morgan fingerprint density at radius 2 is 1.94 bits per heavy atom. The van der Waals surface area contributed by atoms with Crippen molar-refractivity contribution < 1.29 is 18.3 Å². The minimum Gasteiger partial charge on any atom is -0.487 e. The molecule has 34 heavy (non-hydrogen) atoms. The largest absolute Gasteiger partial charge is 0.487 e. The zero-order chi connectivity index (χ0) is 24.3. The molecule has 2 aromatic carbocycles. The van der Waals surface area contributed by atoms with Crippen LogP contribution in [0.5, 0.6) is 5.75 Å². The van der Waals surface area contributed by atoms with Crippen LogP contribution in [0.15, 0.2) is 53.4 Å². The quantitative estimate of drug-likeness (QED) is 0.640. The fraction of sp³-hybridized carbons (Fsp3) is 0.481. The Bertz CT molecular complexity index is 1150. The molecule has 0 spiro atoms. The number of hydrogen-bond acceptors (Lipinski definition) is 5. The number of aliphatic hydroxyl groups excluding tert-OH is 1. The summed E-state index contributed by atoms with van der Waals surface area (Å²) >= 11 is 0. The van der Waals surface area contributed by atoms with E-state index in [1.165, 1.54) is 9.87 Å². The standard InChI is InChI=1S/C27H34N2O4S/c1-20-16-29(21(2)19-30)34(31,32)27-14-13-23(12-11-22-9-10-22)15-25(27)33-26(20)18-28(3)17-24-7-5-4-6-8-24/h4-8,13-15,20-22,26,30H,9-10,16-19H2,1-3H3/t20-,21-,26+/m1/s1. The number of fused-ring (bicyclic) bond motifs is 1. The molecule has 182 valence electrons. The maximum atomic E-state index is 13.6. The van der Waals surface area contributed by atoms with Crippen LogP contribution in [0.2, 0.25) is 0 Å². The minimum atomic E-state index is -3.84. The third kappa shape index (κ3) is 5.81. The van der Waals surface area contributed by atoms with Gasteiger partial charge in [0.1, 0.15) is 16.7 Å². The second kappa shape index (κ2) is 10.5. The van der Waals surface area contributed by atoms with Crippen molar-refractivity contribution in [2.75, 3.05) is 26.7 Å². The molecule has 1 aliphatic heterocycles. The fourth-order valence-electron chi connectivity index (χ4n) is 4.20. The van der Waals surface area contributed by atoms with Crippen LogP contribution in [0.4, 0.5) is 0 Å². The Morgan fingerprint density at radius 1 is 1.21 bits per heavy atom. The average molecular weight is 483 g/mol. The number of sulfonamides is 1. The van der Waals surface area contributed by atoms with Crippen molar-refractivity contribution in [1.29, 1.82) is 0 Å². The third-order valence-corrected chi connectivity index (χ3v) is 8.47. The molecule has 7 heteroatoms. The van der Waals surface area contributed by atoms with Crippen LogP contribution in [0.1, 0.15) is 37.8 Å². The number of benzene rings is 2. The number of rotatable bonds is 6. The molecule has 6 nitrogen and oxygen atoms in total. The Kier molecular flexibility index (Phi) is 7.63. The van der Waals surface area contributed by atoms with Gasteiger partial charge in [0.25, 0.3) is 0 Å². The lowest BCUT2D eigenvalue weighted by Crippen LogP contribution is -2.49. The lowest BCUT2D eigenvalue weighted by Gasteiger charge is -2.37. The van der Waals surface area contributed by atoms with Gasteiger partial charge in [-0.3, -0.25) is 4.90 Å². The van der Waals surface area contributed by atoms with E-state index in [9.17, 15) is 13.5 Å². The Balaban J connectivity index is 1.66. The second-order valence-corrected chi connectivity index (χ2v) is 11.5. The van der Waals surface area contributed by atoms with Crippen LogP contribution in [-0.4, -0.2) is 61.6 Å². The molecular formula is C27H34N2O4S. The van der Waals surface area contributed by atoms with E-state index in [1.54, 1.807) is 25.1 Å². The van der Waals surface area contributed by atoms with Gasteiger partial charge in [-0.15, -0.1) is 0 Å². The zero-order valence-electron chi connectivity index (χ0n) is 20.1.